The summed E-state index contributed by atoms with van der Waals surface area (Å²) in [6.07, 6.45) is 0.170. The third-order valence-electron chi connectivity index (χ3n) is 4.21. The van der Waals surface area contributed by atoms with E-state index in [1.165, 1.54) is 0 Å². The van der Waals surface area contributed by atoms with E-state index in [0.717, 1.165) is 5.56 Å². The van der Waals surface area contributed by atoms with Gasteiger partial charge in [0.25, 0.3) is 0 Å². The van der Waals surface area contributed by atoms with Crippen LogP contribution in [0.2, 0.25) is 0 Å². The van der Waals surface area contributed by atoms with E-state index in [1.807, 2.05) is 25.1 Å². The van der Waals surface area contributed by atoms with E-state index >= 15 is 0 Å². The first-order valence-corrected chi connectivity index (χ1v) is 7.84. The lowest BCUT2D eigenvalue weighted by Gasteiger charge is -2.36. The fraction of sp³-hybridized carbons (Fsp3) is 0.667. The van der Waals surface area contributed by atoms with E-state index in [4.69, 9.17) is 4.74 Å². The Morgan fingerprint density at radius 2 is 1.62 bits per heavy atom. The summed E-state index contributed by atoms with van der Waals surface area (Å²) in [5.41, 5.74) is 0.646. The molecule has 0 aromatic heterocycles. The van der Waals surface area contributed by atoms with Crippen LogP contribution in [0.4, 0.5) is 0 Å². The van der Waals surface area contributed by atoms with Crippen LogP contribution in [-0.2, 0) is 10.3 Å². The number of benzene rings is 1. The van der Waals surface area contributed by atoms with Crippen molar-refractivity contribution in [3.8, 4) is 0 Å². The van der Waals surface area contributed by atoms with Crippen molar-refractivity contribution in [2.45, 2.75) is 64.8 Å². The Hall–Kier alpha value is -0.900. The van der Waals surface area contributed by atoms with Crippen LogP contribution in [0, 0.1) is 0 Å². The zero-order valence-corrected chi connectivity index (χ0v) is 14.3. The van der Waals surface area contributed by atoms with Crippen LogP contribution in [0.25, 0.3) is 0 Å². The molecular formula is C18H31NO2. The second-order valence-corrected chi connectivity index (χ2v) is 6.54. The Labute approximate surface area is 129 Å². The predicted molar refractivity (Wildman–Crippen MR) is 88.4 cm³/mol. The van der Waals surface area contributed by atoms with Crippen LogP contribution < -0.4 is 0 Å². The highest BCUT2D eigenvalue weighted by atomic mass is 16.5. The number of nitrogens with zero attached hydrogens (tertiary/aromatic N) is 1. The standard InChI is InChI=1S/C18H31NO2/c1-14(2)19(15(3)4)13-17(20)12-18(5,21-6)16-10-8-7-9-11-16/h7-11,14-15,17,20H,12-13H2,1-6H3. The minimum Gasteiger partial charge on any atom is -0.392 e. The maximum atomic E-state index is 10.5. The van der Waals surface area contributed by atoms with E-state index in [-0.39, 0.29) is 0 Å². The van der Waals surface area contributed by atoms with Crippen molar-refractivity contribution in [1.82, 2.24) is 4.90 Å². The van der Waals surface area contributed by atoms with Gasteiger partial charge in [-0.1, -0.05) is 30.3 Å². The quantitative estimate of drug-likeness (QED) is 0.797. The van der Waals surface area contributed by atoms with E-state index in [0.29, 0.717) is 25.0 Å². The normalized spacial score (nSPS) is 16.5. The zero-order valence-electron chi connectivity index (χ0n) is 14.3. The lowest BCUT2D eigenvalue weighted by atomic mass is 9.89. The van der Waals surface area contributed by atoms with Crippen LogP contribution in [0.15, 0.2) is 30.3 Å². The molecule has 1 rings (SSSR count). The molecule has 0 saturated carbocycles. The van der Waals surface area contributed by atoms with Gasteiger partial charge in [-0.05, 0) is 40.2 Å². The molecule has 0 fully saturated rings. The number of hydrogen-bond acceptors (Lipinski definition) is 3. The number of aliphatic hydroxyl groups excluding tert-OH is 1. The fourth-order valence-electron chi connectivity index (χ4n) is 2.89. The van der Waals surface area contributed by atoms with Gasteiger partial charge in [-0.25, -0.2) is 0 Å². The smallest absolute Gasteiger partial charge is 0.0924 e. The third-order valence-corrected chi connectivity index (χ3v) is 4.21. The Balaban J connectivity index is 2.77. The molecule has 120 valence electrons. The first-order valence-electron chi connectivity index (χ1n) is 7.84. The molecule has 0 spiro atoms. The summed E-state index contributed by atoms with van der Waals surface area (Å²) in [7, 11) is 1.71. The van der Waals surface area contributed by atoms with Crippen molar-refractivity contribution < 1.29 is 9.84 Å². The summed E-state index contributed by atoms with van der Waals surface area (Å²) in [4.78, 5) is 2.31. The molecule has 0 aliphatic heterocycles. The van der Waals surface area contributed by atoms with E-state index < -0.39 is 11.7 Å². The van der Waals surface area contributed by atoms with Gasteiger partial charge in [0.05, 0.1) is 11.7 Å². The first-order chi connectivity index (χ1) is 9.80. The molecule has 1 N–H and O–H groups in total. The van der Waals surface area contributed by atoms with Crippen LogP contribution in [0.1, 0.15) is 46.6 Å². The van der Waals surface area contributed by atoms with Crippen molar-refractivity contribution in [1.29, 1.82) is 0 Å². The Morgan fingerprint density at radius 1 is 1.10 bits per heavy atom. The lowest BCUT2D eigenvalue weighted by molar-refractivity contribution is -0.0482. The molecule has 2 unspecified atom stereocenters. The molecule has 0 aliphatic carbocycles. The number of rotatable bonds is 8. The van der Waals surface area contributed by atoms with Crippen molar-refractivity contribution in [2.24, 2.45) is 0 Å². The minimum atomic E-state index is -0.458. The van der Waals surface area contributed by atoms with E-state index in [9.17, 15) is 5.11 Å². The second kappa shape index (κ2) is 7.92. The Kier molecular flexibility index (Phi) is 6.85. The first kappa shape index (κ1) is 18.1. The van der Waals surface area contributed by atoms with Crippen LogP contribution in [0.3, 0.4) is 0 Å². The summed E-state index contributed by atoms with van der Waals surface area (Å²) in [6, 6.07) is 11.0. The minimum absolute atomic E-state index is 0.417. The number of methoxy groups -OCH3 is 1. The predicted octanol–water partition coefficient (Wildman–Crippen LogP) is 3.42. The summed E-state index contributed by atoms with van der Waals surface area (Å²) in [5, 5.41) is 10.5. The molecular weight excluding hydrogens is 262 g/mol. The highest BCUT2D eigenvalue weighted by Gasteiger charge is 2.30. The van der Waals surface area contributed by atoms with E-state index in [1.54, 1.807) is 7.11 Å². The van der Waals surface area contributed by atoms with Gasteiger partial charge >= 0.3 is 0 Å². The number of ether oxygens (including phenoxy) is 1. The summed E-state index contributed by atoms with van der Waals surface area (Å²) in [6.45, 7) is 11.4. The Bertz CT molecular complexity index is 397. The molecule has 2 atom stereocenters. The molecule has 0 radical (unpaired) electrons. The highest BCUT2D eigenvalue weighted by Crippen LogP contribution is 2.30. The van der Waals surface area contributed by atoms with Crippen molar-refractivity contribution >= 4 is 0 Å². The highest BCUT2D eigenvalue weighted by molar-refractivity contribution is 5.22. The van der Waals surface area contributed by atoms with Gasteiger partial charge in [0, 0.05) is 32.2 Å². The average molecular weight is 293 g/mol. The van der Waals surface area contributed by atoms with E-state index in [2.05, 4.69) is 44.7 Å². The maximum absolute atomic E-state index is 10.5. The van der Waals surface area contributed by atoms with Crippen LogP contribution >= 0.6 is 0 Å². The van der Waals surface area contributed by atoms with Gasteiger partial charge in [-0.2, -0.15) is 0 Å². The van der Waals surface area contributed by atoms with Crippen LogP contribution in [0.5, 0.6) is 0 Å². The van der Waals surface area contributed by atoms with Crippen LogP contribution in [-0.4, -0.2) is 41.8 Å². The summed E-state index contributed by atoms with van der Waals surface area (Å²) >= 11 is 0. The van der Waals surface area contributed by atoms with Crippen molar-refractivity contribution in [3.05, 3.63) is 35.9 Å². The second-order valence-electron chi connectivity index (χ2n) is 6.54. The molecule has 0 amide bonds. The average Bonchev–Trinajstić information content (AvgIpc) is 2.45. The molecule has 0 aliphatic rings. The Morgan fingerprint density at radius 3 is 2.05 bits per heavy atom. The topological polar surface area (TPSA) is 32.7 Å². The number of aliphatic hydroxyl groups is 1. The largest absolute Gasteiger partial charge is 0.392 e. The van der Waals surface area contributed by atoms with Gasteiger partial charge in [-0.15, -0.1) is 0 Å². The maximum Gasteiger partial charge on any atom is 0.0924 e. The lowest BCUT2D eigenvalue weighted by Crippen LogP contribution is -2.44. The van der Waals surface area contributed by atoms with Crippen molar-refractivity contribution in [2.75, 3.05) is 13.7 Å². The van der Waals surface area contributed by atoms with Gasteiger partial charge < -0.3 is 9.84 Å². The monoisotopic (exact) mass is 293 g/mol. The van der Waals surface area contributed by atoms with Gasteiger partial charge in [0.1, 0.15) is 0 Å². The van der Waals surface area contributed by atoms with Gasteiger partial charge in [0.15, 0.2) is 0 Å². The van der Waals surface area contributed by atoms with Crippen molar-refractivity contribution in [3.63, 3.8) is 0 Å². The molecule has 0 bridgehead atoms. The molecule has 3 nitrogen and oxygen atoms in total. The van der Waals surface area contributed by atoms with Gasteiger partial charge in [-0.3, -0.25) is 4.90 Å². The fourth-order valence-corrected chi connectivity index (χ4v) is 2.89. The molecule has 1 aromatic carbocycles. The SMILES string of the molecule is COC(C)(CC(O)CN(C(C)C)C(C)C)c1ccccc1. The molecule has 1 aromatic rings. The van der Waals surface area contributed by atoms with Gasteiger partial charge in [0.2, 0.25) is 0 Å². The zero-order chi connectivity index (χ0) is 16.0. The summed E-state index contributed by atoms with van der Waals surface area (Å²) < 4.78 is 5.72. The molecule has 0 heterocycles. The molecule has 21 heavy (non-hydrogen) atoms. The molecule has 3 heteroatoms. The number of hydrogen-bond donors (Lipinski definition) is 1. The third kappa shape index (κ3) is 5.10. The summed E-state index contributed by atoms with van der Waals surface area (Å²) in [5.74, 6) is 0. The molecule has 0 saturated heterocycles.